The molecule has 0 amide bonds. The van der Waals surface area contributed by atoms with Crippen LogP contribution in [0.1, 0.15) is 30.9 Å². The molecule has 1 aromatic heterocycles. The van der Waals surface area contributed by atoms with E-state index in [2.05, 4.69) is 40.9 Å². The largest absolute Gasteiger partial charge is 0.494 e. The Balaban J connectivity index is 1.33. The summed E-state index contributed by atoms with van der Waals surface area (Å²) in [6.07, 6.45) is 2.18. The summed E-state index contributed by atoms with van der Waals surface area (Å²) in [7, 11) is 0. The molecule has 0 spiro atoms. The van der Waals surface area contributed by atoms with Gasteiger partial charge in [-0.05, 0) is 71.5 Å². The normalized spacial score (nSPS) is 10.9. The zero-order valence-electron chi connectivity index (χ0n) is 17.4. The van der Waals surface area contributed by atoms with Crippen LogP contribution in [0.15, 0.2) is 66.7 Å². The van der Waals surface area contributed by atoms with Crippen molar-refractivity contribution < 1.29 is 9.47 Å². The van der Waals surface area contributed by atoms with Crippen LogP contribution >= 0.6 is 23.1 Å². The monoisotopic (exact) mass is 452 g/mol. The fourth-order valence-corrected chi connectivity index (χ4v) is 3.97. The summed E-state index contributed by atoms with van der Waals surface area (Å²) in [5, 5.41) is 5.28. The Morgan fingerprint density at radius 3 is 2.42 bits per heavy atom. The lowest BCUT2D eigenvalue weighted by molar-refractivity contribution is 0.306. The Kier molecular flexibility index (Phi) is 7.28. The van der Waals surface area contributed by atoms with Crippen LogP contribution in [0.2, 0.25) is 5.02 Å². The third-order valence-electron chi connectivity index (χ3n) is 4.91. The van der Waals surface area contributed by atoms with Gasteiger partial charge in [0, 0.05) is 17.0 Å². The highest BCUT2D eigenvalue weighted by molar-refractivity contribution is 7.13. The second kappa shape index (κ2) is 10.5. The second-order valence-corrected chi connectivity index (χ2v) is 8.55. The number of nitrogens with one attached hydrogen (secondary N) is 1. The molecule has 4 nitrogen and oxygen atoms in total. The number of hydrogen-bond donors (Lipinski definition) is 1. The Morgan fingerprint density at radius 2 is 1.65 bits per heavy atom. The van der Waals surface area contributed by atoms with E-state index in [9.17, 15) is 0 Å². The number of ether oxygens (including phenoxy) is 2. The van der Waals surface area contributed by atoms with Crippen molar-refractivity contribution in [1.29, 1.82) is 0 Å². The summed E-state index contributed by atoms with van der Waals surface area (Å²) in [6.45, 7) is 4.12. The van der Waals surface area contributed by atoms with Gasteiger partial charge in [-0.3, -0.25) is 0 Å². The van der Waals surface area contributed by atoms with Crippen LogP contribution in [0.3, 0.4) is 0 Å². The zero-order chi connectivity index (χ0) is 21.5. The van der Waals surface area contributed by atoms with E-state index >= 15 is 0 Å². The van der Waals surface area contributed by atoms with E-state index in [1.165, 1.54) is 11.5 Å². The van der Waals surface area contributed by atoms with Gasteiger partial charge in [0.15, 0.2) is 0 Å². The average Bonchev–Trinajstić information content (AvgIpc) is 3.20. The zero-order valence-corrected chi connectivity index (χ0v) is 19.0. The van der Waals surface area contributed by atoms with E-state index in [4.69, 9.17) is 21.1 Å². The molecule has 160 valence electrons. The van der Waals surface area contributed by atoms with Crippen molar-refractivity contribution in [2.45, 2.75) is 32.9 Å². The molecule has 0 bridgehead atoms. The number of fused-ring (bicyclic) bond motifs is 1. The van der Waals surface area contributed by atoms with E-state index < -0.39 is 0 Å². The Labute approximate surface area is 191 Å². The van der Waals surface area contributed by atoms with Gasteiger partial charge in [0.2, 0.25) is 0 Å². The first-order valence-corrected chi connectivity index (χ1v) is 11.6. The smallest absolute Gasteiger partial charge is 0.147 e. The van der Waals surface area contributed by atoms with E-state index in [-0.39, 0.29) is 0 Å². The Bertz CT molecular complexity index is 1110. The molecule has 4 aromatic rings. The first-order chi connectivity index (χ1) is 15.2. The van der Waals surface area contributed by atoms with Crippen molar-refractivity contribution >= 4 is 39.0 Å². The van der Waals surface area contributed by atoms with Crippen LogP contribution in [0.5, 0.6) is 11.5 Å². The third-order valence-corrected chi connectivity index (χ3v) is 5.99. The molecule has 0 saturated carbocycles. The van der Waals surface area contributed by atoms with Gasteiger partial charge in [0.05, 0.1) is 11.3 Å². The molecule has 0 radical (unpaired) electrons. The van der Waals surface area contributed by atoms with Gasteiger partial charge in [0.1, 0.15) is 23.9 Å². The SMILES string of the molecule is CCCCOc1ccc2snc(NCc3ccc(OCc4ccc(Cl)cc4)cc3)c2c1. The summed E-state index contributed by atoms with van der Waals surface area (Å²) < 4.78 is 17.4. The molecule has 0 atom stereocenters. The minimum Gasteiger partial charge on any atom is -0.494 e. The maximum absolute atomic E-state index is 5.92. The highest BCUT2D eigenvalue weighted by Gasteiger charge is 2.08. The first kappa shape index (κ1) is 21.5. The predicted octanol–water partition coefficient (Wildman–Crippen LogP) is 7.32. The average molecular weight is 453 g/mol. The number of nitrogens with zero attached hydrogens (tertiary/aromatic N) is 1. The number of rotatable bonds is 10. The first-order valence-electron chi connectivity index (χ1n) is 10.4. The summed E-state index contributed by atoms with van der Waals surface area (Å²) in [5.74, 6) is 2.63. The number of benzene rings is 3. The Hall–Kier alpha value is -2.76. The number of aromatic nitrogens is 1. The van der Waals surface area contributed by atoms with Crippen molar-refractivity contribution in [3.8, 4) is 11.5 Å². The Morgan fingerprint density at radius 1 is 0.903 bits per heavy atom. The minimum absolute atomic E-state index is 0.516. The van der Waals surface area contributed by atoms with Crippen LogP contribution < -0.4 is 14.8 Å². The van der Waals surface area contributed by atoms with Crippen molar-refractivity contribution in [3.63, 3.8) is 0 Å². The number of anilines is 1. The highest BCUT2D eigenvalue weighted by atomic mass is 35.5. The lowest BCUT2D eigenvalue weighted by Gasteiger charge is -2.09. The molecule has 0 aliphatic heterocycles. The molecule has 0 aliphatic carbocycles. The van der Waals surface area contributed by atoms with Crippen molar-refractivity contribution in [1.82, 2.24) is 4.37 Å². The van der Waals surface area contributed by atoms with Crippen LogP contribution in [0, 0.1) is 0 Å². The van der Waals surface area contributed by atoms with E-state index in [1.54, 1.807) is 0 Å². The lowest BCUT2D eigenvalue weighted by Crippen LogP contribution is -2.00. The molecular formula is C25H25ClN2O2S. The summed E-state index contributed by atoms with van der Waals surface area (Å²) in [4.78, 5) is 0. The molecule has 3 aromatic carbocycles. The lowest BCUT2D eigenvalue weighted by atomic mass is 10.2. The van der Waals surface area contributed by atoms with E-state index in [0.29, 0.717) is 13.2 Å². The van der Waals surface area contributed by atoms with Gasteiger partial charge < -0.3 is 14.8 Å². The quantitative estimate of drug-likeness (QED) is 0.256. The number of halogens is 1. The third kappa shape index (κ3) is 5.90. The van der Waals surface area contributed by atoms with Gasteiger partial charge in [-0.1, -0.05) is 49.2 Å². The predicted molar refractivity (Wildman–Crippen MR) is 130 cm³/mol. The van der Waals surface area contributed by atoms with Crippen LogP contribution in [-0.2, 0) is 13.2 Å². The van der Waals surface area contributed by atoms with Crippen molar-refractivity contribution in [2.75, 3.05) is 11.9 Å². The van der Waals surface area contributed by atoms with Gasteiger partial charge in [-0.15, -0.1) is 0 Å². The molecule has 0 unspecified atom stereocenters. The highest BCUT2D eigenvalue weighted by Crippen LogP contribution is 2.30. The fraction of sp³-hybridized carbons (Fsp3) is 0.240. The summed E-state index contributed by atoms with van der Waals surface area (Å²) >= 11 is 7.42. The van der Waals surface area contributed by atoms with Gasteiger partial charge >= 0.3 is 0 Å². The maximum Gasteiger partial charge on any atom is 0.147 e. The summed E-state index contributed by atoms with van der Waals surface area (Å²) in [6, 6.07) is 22.0. The molecule has 6 heteroatoms. The maximum atomic E-state index is 5.92. The molecule has 0 fully saturated rings. The standard InChI is InChI=1S/C25H25ClN2O2S/c1-2-3-14-29-22-12-13-24-23(15-22)25(28-31-24)27-16-18-6-10-21(11-7-18)30-17-19-4-8-20(26)9-5-19/h4-13,15H,2-3,14,16-17H2,1H3,(H,27,28). The molecule has 0 aliphatic rings. The number of hydrogen-bond acceptors (Lipinski definition) is 5. The fourth-order valence-electron chi connectivity index (χ4n) is 3.11. The van der Waals surface area contributed by atoms with Crippen LogP contribution in [0.25, 0.3) is 10.1 Å². The van der Waals surface area contributed by atoms with Gasteiger partial charge in [-0.2, -0.15) is 4.37 Å². The van der Waals surface area contributed by atoms with Gasteiger partial charge in [-0.25, -0.2) is 0 Å². The topological polar surface area (TPSA) is 43.4 Å². The molecule has 31 heavy (non-hydrogen) atoms. The molecule has 1 heterocycles. The minimum atomic E-state index is 0.516. The van der Waals surface area contributed by atoms with Crippen LogP contribution in [0.4, 0.5) is 5.82 Å². The van der Waals surface area contributed by atoms with Crippen molar-refractivity contribution in [3.05, 3.63) is 82.9 Å². The van der Waals surface area contributed by atoms with E-state index in [1.807, 2.05) is 42.5 Å². The van der Waals surface area contributed by atoms with E-state index in [0.717, 1.165) is 63.0 Å². The summed E-state index contributed by atoms with van der Waals surface area (Å²) in [5.41, 5.74) is 2.25. The molecule has 1 N–H and O–H groups in total. The van der Waals surface area contributed by atoms with Crippen LogP contribution in [-0.4, -0.2) is 11.0 Å². The van der Waals surface area contributed by atoms with Gasteiger partial charge in [0.25, 0.3) is 0 Å². The number of unbranched alkanes of at least 4 members (excludes halogenated alkanes) is 1. The molecule has 0 saturated heterocycles. The molecule has 4 rings (SSSR count). The molecular weight excluding hydrogens is 428 g/mol. The second-order valence-electron chi connectivity index (χ2n) is 7.30. The van der Waals surface area contributed by atoms with Crippen molar-refractivity contribution in [2.24, 2.45) is 0 Å².